The maximum Gasteiger partial charge on any atom is 0.0832 e. The van der Waals surface area contributed by atoms with Crippen molar-refractivity contribution in [3.8, 4) is 0 Å². The molecule has 0 aliphatic heterocycles. The first-order valence-corrected chi connectivity index (χ1v) is 1.91. The Hall–Kier alpha value is 0.280. The van der Waals surface area contributed by atoms with E-state index in [2.05, 4.69) is 34.2 Å². The average Bonchev–Trinajstić information content (AvgIpc) is 1.39. The van der Waals surface area contributed by atoms with Gasteiger partial charge in [-0.15, -0.1) is 6.58 Å². The summed E-state index contributed by atoms with van der Waals surface area (Å²) in [6, 6.07) is 0. The summed E-state index contributed by atoms with van der Waals surface area (Å²) in [5.41, 5.74) is 0. The molecule has 0 aliphatic rings. The van der Waals surface area contributed by atoms with Crippen LogP contribution in [0.3, 0.4) is 0 Å². The van der Waals surface area contributed by atoms with E-state index in [1.807, 2.05) is 6.92 Å². The molecule has 0 rings (SSSR count). The van der Waals surface area contributed by atoms with Crippen LogP contribution in [-0.4, -0.2) is 0 Å². The van der Waals surface area contributed by atoms with Crippen molar-refractivity contribution in [3.63, 3.8) is 0 Å². The van der Waals surface area contributed by atoms with Gasteiger partial charge >= 0.3 is 0 Å². The first-order chi connectivity index (χ1) is 2.83. The summed E-state index contributed by atoms with van der Waals surface area (Å²) in [4.78, 5) is 0. The van der Waals surface area contributed by atoms with E-state index in [0.717, 1.165) is 0 Å². The van der Waals surface area contributed by atoms with Crippen molar-refractivity contribution < 1.29 is 3.84 Å². The topological polar surface area (TPSA) is 9.23 Å². The van der Waals surface area contributed by atoms with Gasteiger partial charge in [-0.25, -0.2) is 0 Å². The van der Waals surface area contributed by atoms with Gasteiger partial charge in [0.15, 0.2) is 0 Å². The molecule has 3 heteroatoms. The van der Waals surface area contributed by atoms with Crippen molar-refractivity contribution in [2.45, 2.75) is 6.92 Å². The van der Waals surface area contributed by atoms with Crippen LogP contribution in [0.1, 0.15) is 6.92 Å². The Labute approximate surface area is 47.9 Å². The van der Waals surface area contributed by atoms with E-state index in [-0.39, 0.29) is 0 Å². The summed E-state index contributed by atoms with van der Waals surface area (Å²) in [6.07, 6.45) is 1.75. The van der Waals surface area contributed by atoms with Crippen molar-refractivity contribution in [3.05, 3.63) is 12.7 Å². The van der Waals surface area contributed by atoms with Gasteiger partial charge in [0.1, 0.15) is 0 Å². The average molecular weight is 129 g/mol. The molecule has 0 saturated heterocycles. The van der Waals surface area contributed by atoms with E-state index < -0.39 is 0 Å². The predicted molar refractivity (Wildman–Crippen MR) is 28.7 cm³/mol. The van der Waals surface area contributed by atoms with Crippen LogP contribution >= 0.6 is 23.7 Å². The molecule has 0 amide bonds. The van der Waals surface area contributed by atoms with Crippen LogP contribution in [0, 0.1) is 0 Å². The maximum absolute atomic E-state index is 4.26. The van der Waals surface area contributed by atoms with Gasteiger partial charge in [-0.05, 0) is 6.92 Å². The van der Waals surface area contributed by atoms with Gasteiger partial charge < -0.3 is 0 Å². The normalized spacial score (nSPS) is 5.17. The standard InChI is InChI=1S/C3H6.Cl2O/c2*1-3-2/h3H,1H2,2H3;. The number of halogens is 2. The SMILES string of the molecule is C=CC.ClOCl. The van der Waals surface area contributed by atoms with Crippen molar-refractivity contribution in [2.24, 2.45) is 0 Å². The summed E-state index contributed by atoms with van der Waals surface area (Å²) in [5, 5.41) is 0. The smallest absolute Gasteiger partial charge is 0.0832 e. The fraction of sp³-hybridized carbons (Fsp3) is 0.333. The summed E-state index contributed by atoms with van der Waals surface area (Å²) >= 11 is 8.53. The molecule has 0 aromatic rings. The lowest BCUT2D eigenvalue weighted by Gasteiger charge is -1.46. The van der Waals surface area contributed by atoms with Crippen LogP contribution in [0.25, 0.3) is 0 Å². The van der Waals surface area contributed by atoms with Crippen molar-refractivity contribution in [1.29, 1.82) is 0 Å². The van der Waals surface area contributed by atoms with Crippen LogP contribution in [0.4, 0.5) is 0 Å². The minimum atomic E-state index is 1.75. The van der Waals surface area contributed by atoms with E-state index >= 15 is 0 Å². The molecule has 0 atom stereocenters. The summed E-state index contributed by atoms with van der Waals surface area (Å²) in [5.74, 6) is 0. The van der Waals surface area contributed by atoms with Crippen molar-refractivity contribution >= 4 is 23.7 Å². The van der Waals surface area contributed by atoms with Crippen LogP contribution in [0.5, 0.6) is 0 Å². The molecule has 6 heavy (non-hydrogen) atoms. The maximum atomic E-state index is 4.26. The monoisotopic (exact) mass is 128 g/mol. The van der Waals surface area contributed by atoms with Gasteiger partial charge in [-0.2, -0.15) is 3.84 Å². The zero-order valence-electron chi connectivity index (χ0n) is 3.45. The van der Waals surface area contributed by atoms with E-state index in [1.54, 1.807) is 6.08 Å². The molecule has 0 aromatic heterocycles. The zero-order valence-corrected chi connectivity index (χ0v) is 4.96. The van der Waals surface area contributed by atoms with Crippen molar-refractivity contribution in [2.75, 3.05) is 0 Å². The molecule has 0 saturated carbocycles. The van der Waals surface area contributed by atoms with Crippen LogP contribution in [0.15, 0.2) is 12.7 Å². The lowest BCUT2D eigenvalue weighted by molar-refractivity contribution is 0.697. The molecule has 0 N–H and O–H groups in total. The second-order valence-corrected chi connectivity index (χ2v) is 0.933. The van der Waals surface area contributed by atoms with E-state index in [9.17, 15) is 0 Å². The Balaban J connectivity index is 0. The molecule has 0 heterocycles. The van der Waals surface area contributed by atoms with Crippen LogP contribution in [-0.2, 0) is 3.84 Å². The molecule has 0 radical (unpaired) electrons. The first-order valence-electron chi connectivity index (χ1n) is 1.29. The molecule has 38 valence electrons. The van der Waals surface area contributed by atoms with Gasteiger partial charge in [0, 0.05) is 0 Å². The summed E-state index contributed by atoms with van der Waals surface area (Å²) in [6.45, 7) is 5.25. The zero-order chi connectivity index (χ0) is 5.41. The largest absolute Gasteiger partial charge is 0.166 e. The van der Waals surface area contributed by atoms with Gasteiger partial charge in [0.2, 0.25) is 0 Å². The number of rotatable bonds is 0. The quantitative estimate of drug-likeness (QED) is 0.456. The number of allylic oxidation sites excluding steroid dienone is 1. The number of hydrogen-bond donors (Lipinski definition) is 0. The Morgan fingerprint density at radius 3 is 1.67 bits per heavy atom. The minimum absolute atomic E-state index is 1.75. The Bertz CT molecular complexity index is 22.8. The Morgan fingerprint density at radius 1 is 1.67 bits per heavy atom. The van der Waals surface area contributed by atoms with Crippen molar-refractivity contribution in [1.82, 2.24) is 0 Å². The van der Waals surface area contributed by atoms with Crippen LogP contribution < -0.4 is 0 Å². The van der Waals surface area contributed by atoms with Gasteiger partial charge in [-0.1, -0.05) is 6.08 Å². The molecular weight excluding hydrogens is 123 g/mol. The fourth-order valence-corrected chi connectivity index (χ4v) is 0. The highest BCUT2D eigenvalue weighted by Gasteiger charge is 1.38. The summed E-state index contributed by atoms with van der Waals surface area (Å²) in [7, 11) is 0. The first kappa shape index (κ1) is 9.56. The lowest BCUT2D eigenvalue weighted by Crippen LogP contribution is -1.15. The van der Waals surface area contributed by atoms with Gasteiger partial charge in [0.05, 0.1) is 23.7 Å². The molecule has 0 bridgehead atoms. The highest BCUT2D eigenvalue weighted by molar-refractivity contribution is 6.24. The third-order valence-electron chi connectivity index (χ3n) is 0. The van der Waals surface area contributed by atoms with E-state index in [1.165, 1.54) is 0 Å². The van der Waals surface area contributed by atoms with Crippen LogP contribution in [0.2, 0.25) is 0 Å². The molecule has 0 unspecified atom stereocenters. The highest BCUT2D eigenvalue weighted by Crippen LogP contribution is 1.78. The second kappa shape index (κ2) is 18.6. The summed E-state index contributed by atoms with van der Waals surface area (Å²) < 4.78 is 3.19. The van der Waals surface area contributed by atoms with Gasteiger partial charge in [0.25, 0.3) is 0 Å². The minimum Gasteiger partial charge on any atom is -0.166 e. The molecule has 0 aromatic carbocycles. The number of hydrogen-bond acceptors (Lipinski definition) is 1. The third kappa shape index (κ3) is 587. The molecular formula is C3H6Cl2O. The molecule has 0 spiro atoms. The lowest BCUT2D eigenvalue weighted by atomic mass is 10.8. The highest BCUT2D eigenvalue weighted by atomic mass is 35.6. The van der Waals surface area contributed by atoms with E-state index in [4.69, 9.17) is 0 Å². The predicted octanol–water partition coefficient (Wildman–Crippen LogP) is 2.50. The molecule has 0 aliphatic carbocycles. The molecule has 1 nitrogen and oxygen atoms in total. The van der Waals surface area contributed by atoms with E-state index in [0.29, 0.717) is 0 Å². The third-order valence-corrected chi connectivity index (χ3v) is 0. The Kier molecular flexibility index (Phi) is 29.6. The molecule has 0 fully saturated rings. The Morgan fingerprint density at radius 2 is 1.67 bits per heavy atom. The second-order valence-electron chi connectivity index (χ2n) is 0.467. The fourth-order valence-electron chi connectivity index (χ4n) is 0. The van der Waals surface area contributed by atoms with Gasteiger partial charge in [-0.3, -0.25) is 0 Å².